The molecule has 0 aliphatic carbocycles. The number of nitrogens with one attached hydrogen (secondary N) is 2. The zero-order valence-electron chi connectivity index (χ0n) is 36.3. The summed E-state index contributed by atoms with van der Waals surface area (Å²) in [5.74, 6) is 1.12. The van der Waals surface area contributed by atoms with Crippen molar-refractivity contribution in [1.82, 2.24) is 9.80 Å². The predicted molar refractivity (Wildman–Crippen MR) is 247 cm³/mol. The molecule has 3 aromatic carbocycles. The third-order valence-electron chi connectivity index (χ3n) is 11.3. The summed E-state index contributed by atoms with van der Waals surface area (Å²) >= 11 is 4.59. The molecule has 0 aromatic heterocycles. The first-order valence-electron chi connectivity index (χ1n) is 20.7. The molecule has 62 heavy (non-hydrogen) atoms. The molecule has 0 radical (unpaired) electrons. The highest BCUT2D eigenvalue weighted by molar-refractivity contribution is 7.81. The molecule has 4 aliphatic rings. The van der Waals surface area contributed by atoms with Crippen LogP contribution in [0.2, 0.25) is 0 Å². The number of anilines is 2. The standard InChI is InChI=1S/C48H54N6O7S/c1-9-11-31-18-34-24-51-37-21-43(41(58-7)19-35(37)46(56)53(34)39(31)10-2)60-26-29-15-30(17-32(16-29)52-45(55)12-13-48(4,5)62)27-61-44-22-38-36(20-42(44)59-8)47(57)54-33(23-50-38)14-28(3)40(54)25-49-6/h9-11,15-17,19-22,24-25,33-34,50,62H,2,12-14,18,23,26-27H2,1,3-8H3,(H,52,55)/b11-9-,49-25?/t33-,34?/m0/s1. The van der Waals surface area contributed by atoms with Crippen LogP contribution in [-0.4, -0.2) is 84.6 Å². The second-order valence-corrected chi connectivity index (χ2v) is 17.6. The van der Waals surface area contributed by atoms with E-state index in [4.69, 9.17) is 23.9 Å². The molecule has 4 aliphatic heterocycles. The number of benzene rings is 3. The zero-order chi connectivity index (χ0) is 44.3. The van der Waals surface area contributed by atoms with Crippen LogP contribution in [-0.2, 0) is 18.0 Å². The van der Waals surface area contributed by atoms with E-state index in [1.807, 2.05) is 62.9 Å². The van der Waals surface area contributed by atoms with Gasteiger partial charge in [0.15, 0.2) is 23.0 Å². The fourth-order valence-corrected chi connectivity index (χ4v) is 8.39. The summed E-state index contributed by atoms with van der Waals surface area (Å²) in [6.45, 7) is 12.6. The molecule has 2 atom stereocenters. The van der Waals surface area contributed by atoms with Crippen molar-refractivity contribution in [1.29, 1.82) is 0 Å². The number of fused-ring (bicyclic) bond motifs is 4. The summed E-state index contributed by atoms with van der Waals surface area (Å²) < 4.78 is 24.0. The van der Waals surface area contributed by atoms with Gasteiger partial charge in [0.05, 0.1) is 54.5 Å². The molecule has 3 amide bonds. The van der Waals surface area contributed by atoms with Crippen LogP contribution < -0.4 is 29.6 Å². The van der Waals surface area contributed by atoms with Gasteiger partial charge in [0, 0.05) is 67.1 Å². The maximum atomic E-state index is 14.0. The van der Waals surface area contributed by atoms with Gasteiger partial charge in [-0.3, -0.25) is 29.3 Å². The van der Waals surface area contributed by atoms with Crippen molar-refractivity contribution >= 4 is 59.8 Å². The first-order valence-corrected chi connectivity index (χ1v) is 21.1. The van der Waals surface area contributed by atoms with E-state index in [9.17, 15) is 14.4 Å². The summed E-state index contributed by atoms with van der Waals surface area (Å²) in [5, 5.41) is 6.50. The minimum absolute atomic E-state index is 0.0472. The highest BCUT2D eigenvalue weighted by atomic mass is 32.1. The molecular formula is C48H54N6O7S. The molecule has 0 bridgehead atoms. The van der Waals surface area contributed by atoms with Gasteiger partial charge >= 0.3 is 0 Å². The SMILES string of the molecule is C=CC1=C(/C=C\C)CC2C=Nc3cc(OCc4cc(COc5cc6c(cc5OC)C(=O)N5C(C=NC)=C(C)C[C@H]5CN6)cc(NC(=O)CCC(C)(C)S)c4)c(OC)cc3C(=O)N12. The van der Waals surface area contributed by atoms with E-state index in [1.54, 1.807) is 54.7 Å². The summed E-state index contributed by atoms with van der Waals surface area (Å²) in [6.07, 6.45) is 11.4. The van der Waals surface area contributed by atoms with Crippen molar-refractivity contribution in [2.75, 3.05) is 38.4 Å². The molecule has 0 saturated heterocycles. The Kier molecular flexibility index (Phi) is 13.0. The van der Waals surface area contributed by atoms with Crippen LogP contribution in [0.5, 0.6) is 23.0 Å². The molecule has 7 rings (SSSR count). The van der Waals surface area contributed by atoms with Gasteiger partial charge in [0.25, 0.3) is 11.8 Å². The molecule has 324 valence electrons. The fraction of sp³-hybridized carbons (Fsp3) is 0.354. The molecule has 1 unspecified atom stereocenters. The average molecular weight is 859 g/mol. The van der Waals surface area contributed by atoms with Crippen molar-refractivity contribution in [3.05, 3.63) is 112 Å². The number of rotatable bonds is 15. The monoisotopic (exact) mass is 858 g/mol. The summed E-state index contributed by atoms with van der Waals surface area (Å²) in [5.41, 5.74) is 7.73. The largest absolute Gasteiger partial charge is 0.493 e. The van der Waals surface area contributed by atoms with Crippen LogP contribution >= 0.6 is 12.6 Å². The van der Waals surface area contributed by atoms with Crippen LogP contribution in [0.4, 0.5) is 17.1 Å². The van der Waals surface area contributed by atoms with E-state index < -0.39 is 0 Å². The minimum atomic E-state index is -0.311. The highest BCUT2D eigenvalue weighted by Crippen LogP contribution is 2.42. The number of nitrogens with zero attached hydrogens (tertiary/aromatic N) is 4. The summed E-state index contributed by atoms with van der Waals surface area (Å²) in [6, 6.07) is 12.2. The van der Waals surface area contributed by atoms with Crippen molar-refractivity contribution in [2.45, 2.75) is 83.4 Å². The number of carbonyl (C=O) groups excluding carboxylic acids is 3. The van der Waals surface area contributed by atoms with Gasteiger partial charge in [-0.25, -0.2) is 0 Å². The maximum Gasteiger partial charge on any atom is 0.261 e. The van der Waals surface area contributed by atoms with Crippen LogP contribution in [0.25, 0.3) is 0 Å². The topological polar surface area (TPSA) is 143 Å². The first kappa shape index (κ1) is 43.8. The molecule has 4 heterocycles. The van der Waals surface area contributed by atoms with Gasteiger partial charge in [-0.05, 0) is 85.4 Å². The minimum Gasteiger partial charge on any atom is -0.493 e. The van der Waals surface area contributed by atoms with Crippen LogP contribution in [0.15, 0.2) is 99.8 Å². The summed E-state index contributed by atoms with van der Waals surface area (Å²) in [7, 11) is 4.76. The molecule has 14 heteroatoms. The number of allylic oxidation sites excluding steroid dienone is 4. The van der Waals surface area contributed by atoms with E-state index in [2.05, 4.69) is 34.8 Å². The van der Waals surface area contributed by atoms with Crippen molar-refractivity contribution < 1.29 is 33.3 Å². The second-order valence-electron chi connectivity index (χ2n) is 16.4. The Morgan fingerprint density at radius 1 is 0.952 bits per heavy atom. The molecule has 2 N–H and O–H groups in total. The Balaban J connectivity index is 1.15. The second kappa shape index (κ2) is 18.4. The molecule has 13 nitrogen and oxygen atoms in total. The van der Waals surface area contributed by atoms with Crippen molar-refractivity contribution in [3.63, 3.8) is 0 Å². The zero-order valence-corrected chi connectivity index (χ0v) is 37.2. The van der Waals surface area contributed by atoms with Gasteiger partial charge in [0.2, 0.25) is 5.91 Å². The smallest absolute Gasteiger partial charge is 0.261 e. The Bertz CT molecular complexity index is 2460. The lowest BCUT2D eigenvalue weighted by atomic mass is 10.1. The van der Waals surface area contributed by atoms with E-state index in [1.165, 1.54) is 14.2 Å². The predicted octanol–water partition coefficient (Wildman–Crippen LogP) is 8.85. The van der Waals surface area contributed by atoms with E-state index in [0.29, 0.717) is 70.6 Å². The Hall–Kier alpha value is -6.28. The Labute approximate surface area is 368 Å². The lowest BCUT2D eigenvalue weighted by molar-refractivity contribution is -0.116. The lowest BCUT2D eigenvalue weighted by Crippen LogP contribution is -2.37. The van der Waals surface area contributed by atoms with Gasteiger partial charge < -0.3 is 34.5 Å². The van der Waals surface area contributed by atoms with Crippen molar-refractivity contribution in [3.8, 4) is 23.0 Å². The Morgan fingerprint density at radius 2 is 1.61 bits per heavy atom. The highest BCUT2D eigenvalue weighted by Gasteiger charge is 2.39. The quantitative estimate of drug-likeness (QED) is 0.102. The molecule has 0 saturated carbocycles. The lowest BCUT2D eigenvalue weighted by Gasteiger charge is -2.24. The average Bonchev–Trinajstić information content (AvgIpc) is 3.67. The molecule has 3 aromatic rings. The van der Waals surface area contributed by atoms with Gasteiger partial charge in [-0.1, -0.05) is 32.6 Å². The van der Waals surface area contributed by atoms with Gasteiger partial charge in [0.1, 0.15) is 13.2 Å². The van der Waals surface area contributed by atoms with Gasteiger partial charge in [-0.2, -0.15) is 12.6 Å². The number of aliphatic imine (C=N–C) groups is 2. The van der Waals surface area contributed by atoms with E-state index in [0.717, 1.165) is 40.1 Å². The maximum absolute atomic E-state index is 14.0. The third-order valence-corrected chi connectivity index (χ3v) is 11.5. The fourth-order valence-electron chi connectivity index (χ4n) is 8.28. The van der Waals surface area contributed by atoms with Crippen molar-refractivity contribution in [2.24, 2.45) is 9.98 Å². The number of thiol groups is 1. The van der Waals surface area contributed by atoms with E-state index >= 15 is 0 Å². The number of ether oxygens (including phenoxy) is 4. The Morgan fingerprint density at radius 3 is 2.24 bits per heavy atom. The molecular weight excluding hydrogens is 805 g/mol. The van der Waals surface area contributed by atoms with Gasteiger partial charge in [-0.15, -0.1) is 0 Å². The normalized spacial score (nSPS) is 18.3. The van der Waals surface area contributed by atoms with E-state index in [-0.39, 0.29) is 54.2 Å². The van der Waals surface area contributed by atoms with Crippen LogP contribution in [0, 0.1) is 0 Å². The number of hydrogen-bond donors (Lipinski definition) is 3. The van der Waals surface area contributed by atoms with Crippen LogP contribution in [0.3, 0.4) is 0 Å². The van der Waals surface area contributed by atoms with Crippen LogP contribution in [0.1, 0.15) is 85.2 Å². The number of carbonyl (C=O) groups is 3. The number of methoxy groups -OCH3 is 2. The molecule has 0 fully saturated rings. The number of hydrogen-bond acceptors (Lipinski definition) is 11. The first-order chi connectivity index (χ1) is 29.7. The summed E-state index contributed by atoms with van der Waals surface area (Å²) in [4.78, 5) is 53.6. The third kappa shape index (κ3) is 9.15. The molecule has 0 spiro atoms. The number of amides is 3.